The number of hydrogen-bond acceptors (Lipinski definition) is 5. The molecule has 2 heterocycles. The van der Waals surface area contributed by atoms with Crippen molar-refractivity contribution >= 4 is 23.0 Å². The van der Waals surface area contributed by atoms with Gasteiger partial charge in [-0.05, 0) is 44.7 Å². The van der Waals surface area contributed by atoms with Gasteiger partial charge in [-0.2, -0.15) is 0 Å². The first-order valence-electron chi connectivity index (χ1n) is 7.24. The molecule has 0 radical (unpaired) electrons. The van der Waals surface area contributed by atoms with Gasteiger partial charge in [0.25, 0.3) is 5.91 Å². The number of thiophene rings is 1. The molecule has 1 unspecified atom stereocenters. The first kappa shape index (κ1) is 14.8. The number of amides is 1. The Morgan fingerprint density at radius 2 is 2.18 bits per heavy atom. The molecule has 0 aromatic carbocycles. The summed E-state index contributed by atoms with van der Waals surface area (Å²) >= 11 is 1.28. The molecule has 1 atom stereocenters. The molecule has 0 saturated heterocycles. The lowest BCUT2D eigenvalue weighted by Gasteiger charge is -2.16. The summed E-state index contributed by atoms with van der Waals surface area (Å²) in [7, 11) is 0. The Labute approximate surface area is 132 Å². The monoisotopic (exact) mass is 315 g/mol. The first-order chi connectivity index (χ1) is 10.5. The molecular formula is C16H17N3O2S. The number of nitrogens with one attached hydrogen (secondary N) is 1. The Morgan fingerprint density at radius 1 is 1.41 bits per heavy atom. The van der Waals surface area contributed by atoms with Crippen LogP contribution >= 0.6 is 11.3 Å². The van der Waals surface area contributed by atoms with Gasteiger partial charge in [0.2, 0.25) is 0 Å². The second-order valence-electron chi connectivity index (χ2n) is 5.60. The number of carbonyl (C=O) groups excluding carboxylic acids is 2. The van der Waals surface area contributed by atoms with Crippen molar-refractivity contribution in [1.82, 2.24) is 15.3 Å². The van der Waals surface area contributed by atoms with Gasteiger partial charge in [0.15, 0.2) is 11.6 Å². The smallest absolute Gasteiger partial charge is 0.261 e. The molecule has 1 fully saturated rings. The molecule has 2 aromatic rings. The fraction of sp³-hybridized carbons (Fsp3) is 0.375. The molecule has 6 heteroatoms. The van der Waals surface area contributed by atoms with Crippen LogP contribution in [0.4, 0.5) is 0 Å². The molecule has 0 spiro atoms. The van der Waals surface area contributed by atoms with E-state index >= 15 is 0 Å². The molecule has 1 saturated carbocycles. The van der Waals surface area contributed by atoms with Crippen LogP contribution in [0.15, 0.2) is 23.7 Å². The van der Waals surface area contributed by atoms with E-state index in [1.807, 2.05) is 13.0 Å². The molecule has 1 aliphatic carbocycles. The van der Waals surface area contributed by atoms with Crippen LogP contribution in [0.1, 0.15) is 57.4 Å². The maximum Gasteiger partial charge on any atom is 0.261 e. The van der Waals surface area contributed by atoms with E-state index in [1.165, 1.54) is 18.3 Å². The van der Waals surface area contributed by atoms with Gasteiger partial charge in [-0.1, -0.05) is 0 Å². The molecule has 5 nitrogen and oxygen atoms in total. The van der Waals surface area contributed by atoms with E-state index in [-0.39, 0.29) is 17.7 Å². The molecular weight excluding hydrogens is 298 g/mol. The van der Waals surface area contributed by atoms with Gasteiger partial charge in [-0.25, -0.2) is 9.97 Å². The maximum absolute atomic E-state index is 12.4. The van der Waals surface area contributed by atoms with Crippen molar-refractivity contribution in [2.45, 2.75) is 32.7 Å². The Balaban J connectivity index is 1.78. The molecule has 114 valence electrons. The Bertz CT molecular complexity index is 722. The highest BCUT2D eigenvalue weighted by Gasteiger charge is 2.35. The highest BCUT2D eigenvalue weighted by Crippen LogP contribution is 2.40. The third kappa shape index (κ3) is 3.22. The average Bonchev–Trinajstić information content (AvgIpc) is 3.19. The molecule has 1 amide bonds. The minimum Gasteiger partial charge on any atom is -0.341 e. The van der Waals surface area contributed by atoms with Crippen LogP contribution in [-0.2, 0) is 0 Å². The first-order valence-corrected chi connectivity index (χ1v) is 8.12. The minimum atomic E-state index is -0.167. The lowest BCUT2D eigenvalue weighted by molar-refractivity contribution is 0.0933. The summed E-state index contributed by atoms with van der Waals surface area (Å²) in [5.74, 6) is 0.868. The largest absolute Gasteiger partial charge is 0.341 e. The second kappa shape index (κ2) is 5.96. The number of aromatic nitrogens is 2. The van der Waals surface area contributed by atoms with Crippen LogP contribution in [0.3, 0.4) is 0 Å². The number of carbonyl (C=O) groups is 2. The summed E-state index contributed by atoms with van der Waals surface area (Å²) in [6.07, 6.45) is 3.87. The number of Topliss-reactive ketones (excluding diaryl/α,β-unsaturated/α-hetero) is 1. The number of rotatable bonds is 5. The van der Waals surface area contributed by atoms with Crippen molar-refractivity contribution in [3.05, 3.63) is 45.7 Å². The van der Waals surface area contributed by atoms with Crippen molar-refractivity contribution in [3.63, 3.8) is 0 Å². The molecule has 1 N–H and O–H groups in total. The highest BCUT2D eigenvalue weighted by molar-refractivity contribution is 7.12. The summed E-state index contributed by atoms with van der Waals surface area (Å²) in [4.78, 5) is 33.0. The fourth-order valence-electron chi connectivity index (χ4n) is 2.29. The number of nitrogens with zero attached hydrogens (tertiary/aromatic N) is 2. The van der Waals surface area contributed by atoms with E-state index in [2.05, 4.69) is 15.3 Å². The van der Waals surface area contributed by atoms with E-state index in [0.29, 0.717) is 22.2 Å². The van der Waals surface area contributed by atoms with Gasteiger partial charge in [0, 0.05) is 22.8 Å². The van der Waals surface area contributed by atoms with Crippen LogP contribution in [0.25, 0.3) is 0 Å². The lowest BCUT2D eigenvalue weighted by atomic mass is 10.1. The SMILES string of the molecule is CC(=O)c1csc(C(=O)NC(c2nccc(C)n2)C2CC2)c1. The van der Waals surface area contributed by atoms with Gasteiger partial charge >= 0.3 is 0 Å². The number of aryl methyl sites for hydroxylation is 1. The van der Waals surface area contributed by atoms with Crippen molar-refractivity contribution < 1.29 is 9.59 Å². The molecule has 2 aromatic heterocycles. The van der Waals surface area contributed by atoms with Gasteiger partial charge < -0.3 is 5.32 Å². The summed E-state index contributed by atoms with van der Waals surface area (Å²) in [5.41, 5.74) is 1.46. The van der Waals surface area contributed by atoms with Crippen molar-refractivity contribution in [2.75, 3.05) is 0 Å². The molecule has 1 aliphatic rings. The fourth-order valence-corrected chi connectivity index (χ4v) is 3.14. The standard InChI is InChI=1S/C16H17N3O2S/c1-9-5-6-17-15(18-9)14(11-3-4-11)19-16(21)13-7-12(8-22-13)10(2)20/h5-8,11,14H,3-4H2,1-2H3,(H,19,21). The van der Waals surface area contributed by atoms with Crippen LogP contribution in [-0.4, -0.2) is 21.7 Å². The van der Waals surface area contributed by atoms with Crippen LogP contribution < -0.4 is 5.32 Å². The second-order valence-corrected chi connectivity index (χ2v) is 6.51. The topological polar surface area (TPSA) is 72.0 Å². The Morgan fingerprint density at radius 3 is 2.77 bits per heavy atom. The lowest BCUT2D eigenvalue weighted by Crippen LogP contribution is -2.30. The normalized spacial score (nSPS) is 15.4. The van der Waals surface area contributed by atoms with Gasteiger partial charge in [-0.3, -0.25) is 9.59 Å². The summed E-state index contributed by atoms with van der Waals surface area (Å²) in [6, 6.07) is 3.33. The van der Waals surface area contributed by atoms with E-state index in [0.717, 1.165) is 18.5 Å². The van der Waals surface area contributed by atoms with Crippen molar-refractivity contribution in [1.29, 1.82) is 0 Å². The molecule has 3 rings (SSSR count). The number of ketones is 1. The third-order valence-corrected chi connectivity index (χ3v) is 4.63. The molecule has 22 heavy (non-hydrogen) atoms. The van der Waals surface area contributed by atoms with Gasteiger partial charge in [0.05, 0.1) is 10.9 Å². The van der Waals surface area contributed by atoms with Crippen LogP contribution in [0.5, 0.6) is 0 Å². The molecule has 0 aliphatic heterocycles. The van der Waals surface area contributed by atoms with E-state index in [9.17, 15) is 9.59 Å². The van der Waals surface area contributed by atoms with Gasteiger partial charge in [0.1, 0.15) is 0 Å². The maximum atomic E-state index is 12.4. The zero-order chi connectivity index (χ0) is 15.7. The van der Waals surface area contributed by atoms with Crippen LogP contribution in [0.2, 0.25) is 0 Å². The van der Waals surface area contributed by atoms with E-state index in [1.54, 1.807) is 17.6 Å². The quantitative estimate of drug-likeness (QED) is 0.861. The summed E-state index contributed by atoms with van der Waals surface area (Å²) in [5, 5.41) is 4.74. The van der Waals surface area contributed by atoms with E-state index < -0.39 is 0 Å². The summed E-state index contributed by atoms with van der Waals surface area (Å²) in [6.45, 7) is 3.41. The Hall–Kier alpha value is -2.08. The van der Waals surface area contributed by atoms with Crippen LogP contribution in [0, 0.1) is 12.8 Å². The van der Waals surface area contributed by atoms with Crippen molar-refractivity contribution in [3.8, 4) is 0 Å². The minimum absolute atomic E-state index is 0.0314. The predicted octanol–water partition coefficient (Wildman–Crippen LogP) is 2.93. The average molecular weight is 315 g/mol. The van der Waals surface area contributed by atoms with Crippen molar-refractivity contribution in [2.24, 2.45) is 5.92 Å². The molecule has 0 bridgehead atoms. The Kier molecular flexibility index (Phi) is 4.02. The third-order valence-electron chi connectivity index (χ3n) is 3.70. The highest BCUT2D eigenvalue weighted by atomic mass is 32.1. The zero-order valence-electron chi connectivity index (χ0n) is 12.5. The van der Waals surface area contributed by atoms with Gasteiger partial charge in [-0.15, -0.1) is 11.3 Å². The number of hydrogen-bond donors (Lipinski definition) is 1. The zero-order valence-corrected chi connectivity index (χ0v) is 13.3. The van der Waals surface area contributed by atoms with E-state index in [4.69, 9.17) is 0 Å². The summed E-state index contributed by atoms with van der Waals surface area (Å²) < 4.78 is 0. The predicted molar refractivity (Wildman–Crippen MR) is 84.0 cm³/mol.